The maximum atomic E-state index is 5.96. The molecule has 0 atom stereocenters. The van der Waals surface area contributed by atoms with Crippen molar-refractivity contribution in [3.63, 3.8) is 0 Å². The van der Waals surface area contributed by atoms with E-state index in [1.165, 1.54) is 32.1 Å². The van der Waals surface area contributed by atoms with E-state index in [-0.39, 0.29) is 0 Å². The van der Waals surface area contributed by atoms with Crippen LogP contribution in [0.3, 0.4) is 0 Å². The first-order valence-electron chi connectivity index (χ1n) is 10.7. The number of halogens is 1. The molecular formula is C26H23ClN4. The van der Waals surface area contributed by atoms with Crippen LogP contribution < -0.4 is 5.32 Å². The SMILES string of the molecule is Clc1ccc(-c2ccc(C#Cc3ccc4[nH]c(NC5CCCCC5)nc4c3)nc2)cc1. The molecule has 2 N–H and O–H groups in total. The van der Waals surface area contributed by atoms with Gasteiger partial charge in [0.2, 0.25) is 5.95 Å². The number of hydrogen-bond donors (Lipinski definition) is 2. The molecule has 4 nitrogen and oxygen atoms in total. The van der Waals surface area contributed by atoms with Gasteiger partial charge in [-0.1, -0.05) is 55.0 Å². The Morgan fingerprint density at radius 2 is 1.71 bits per heavy atom. The van der Waals surface area contributed by atoms with E-state index in [0.717, 1.165) is 44.4 Å². The second-order valence-corrected chi connectivity index (χ2v) is 8.42. The van der Waals surface area contributed by atoms with Gasteiger partial charge in [-0.05, 0) is 60.7 Å². The average molecular weight is 427 g/mol. The summed E-state index contributed by atoms with van der Waals surface area (Å²) in [5.74, 6) is 7.21. The van der Waals surface area contributed by atoms with Crippen LogP contribution in [0.15, 0.2) is 60.8 Å². The summed E-state index contributed by atoms with van der Waals surface area (Å²) in [7, 11) is 0. The molecule has 0 radical (unpaired) electrons. The monoisotopic (exact) mass is 426 g/mol. The molecule has 2 aromatic heterocycles. The van der Waals surface area contributed by atoms with Crippen molar-refractivity contribution < 1.29 is 0 Å². The van der Waals surface area contributed by atoms with E-state index in [9.17, 15) is 0 Å². The number of rotatable bonds is 3. The van der Waals surface area contributed by atoms with E-state index < -0.39 is 0 Å². The fraction of sp³-hybridized carbons (Fsp3) is 0.231. The summed E-state index contributed by atoms with van der Waals surface area (Å²) in [4.78, 5) is 12.6. The van der Waals surface area contributed by atoms with Gasteiger partial charge < -0.3 is 10.3 Å². The van der Waals surface area contributed by atoms with Gasteiger partial charge in [0.15, 0.2) is 0 Å². The van der Waals surface area contributed by atoms with E-state index in [4.69, 9.17) is 16.6 Å². The van der Waals surface area contributed by atoms with Crippen LogP contribution >= 0.6 is 11.6 Å². The average Bonchev–Trinajstić information content (AvgIpc) is 3.21. The van der Waals surface area contributed by atoms with Crippen LogP contribution in [0.25, 0.3) is 22.2 Å². The number of aromatic amines is 1. The molecule has 5 heteroatoms. The summed E-state index contributed by atoms with van der Waals surface area (Å²) in [6.45, 7) is 0. The summed E-state index contributed by atoms with van der Waals surface area (Å²) in [5.41, 5.74) is 5.73. The van der Waals surface area contributed by atoms with E-state index in [2.05, 4.69) is 27.1 Å². The van der Waals surface area contributed by atoms with Crippen molar-refractivity contribution in [2.24, 2.45) is 0 Å². The molecule has 1 aliphatic rings. The van der Waals surface area contributed by atoms with Crippen LogP contribution in [-0.4, -0.2) is 21.0 Å². The Morgan fingerprint density at radius 3 is 2.48 bits per heavy atom. The topological polar surface area (TPSA) is 53.6 Å². The Balaban J connectivity index is 1.30. The summed E-state index contributed by atoms with van der Waals surface area (Å²) < 4.78 is 0. The van der Waals surface area contributed by atoms with Gasteiger partial charge in [-0.2, -0.15) is 0 Å². The zero-order valence-corrected chi connectivity index (χ0v) is 17.9. The third kappa shape index (κ3) is 4.73. The van der Waals surface area contributed by atoms with Gasteiger partial charge in [-0.3, -0.25) is 0 Å². The quantitative estimate of drug-likeness (QED) is 0.371. The van der Waals surface area contributed by atoms with Gasteiger partial charge in [0, 0.05) is 28.4 Å². The van der Waals surface area contributed by atoms with Crippen LogP contribution in [0.4, 0.5) is 5.95 Å². The second-order valence-electron chi connectivity index (χ2n) is 7.99. The molecule has 0 spiro atoms. The fourth-order valence-corrected chi connectivity index (χ4v) is 4.14. The molecule has 4 aromatic rings. The van der Waals surface area contributed by atoms with Crippen molar-refractivity contribution in [1.82, 2.24) is 15.0 Å². The van der Waals surface area contributed by atoms with Gasteiger partial charge in [0.05, 0.1) is 11.0 Å². The number of hydrogen-bond acceptors (Lipinski definition) is 3. The Kier molecular flexibility index (Phi) is 5.60. The minimum Gasteiger partial charge on any atom is -0.353 e. The molecule has 1 aliphatic carbocycles. The van der Waals surface area contributed by atoms with E-state index in [1.807, 2.05) is 60.8 Å². The van der Waals surface area contributed by atoms with Crippen LogP contribution in [0.1, 0.15) is 43.4 Å². The summed E-state index contributed by atoms with van der Waals surface area (Å²) >= 11 is 5.96. The lowest BCUT2D eigenvalue weighted by atomic mass is 9.96. The van der Waals surface area contributed by atoms with Crippen LogP contribution in [0.5, 0.6) is 0 Å². The van der Waals surface area contributed by atoms with Crippen LogP contribution in [0.2, 0.25) is 5.02 Å². The summed E-state index contributed by atoms with van der Waals surface area (Å²) in [6, 6.07) is 18.3. The molecule has 5 rings (SSSR count). The van der Waals surface area contributed by atoms with Gasteiger partial charge in [0.25, 0.3) is 0 Å². The molecule has 2 aromatic carbocycles. The third-order valence-corrected chi connectivity index (χ3v) is 5.96. The highest BCUT2D eigenvalue weighted by molar-refractivity contribution is 6.30. The molecule has 0 aliphatic heterocycles. The lowest BCUT2D eigenvalue weighted by Crippen LogP contribution is -2.22. The zero-order valence-electron chi connectivity index (χ0n) is 17.2. The van der Waals surface area contributed by atoms with Crippen LogP contribution in [0, 0.1) is 11.8 Å². The second kappa shape index (κ2) is 8.83. The lowest BCUT2D eigenvalue weighted by Gasteiger charge is -2.22. The summed E-state index contributed by atoms with van der Waals surface area (Å²) in [5, 5.41) is 4.28. The van der Waals surface area contributed by atoms with Crippen molar-refractivity contribution >= 4 is 28.6 Å². The highest BCUT2D eigenvalue weighted by Crippen LogP contribution is 2.23. The van der Waals surface area contributed by atoms with Crippen molar-refractivity contribution in [3.8, 4) is 23.0 Å². The maximum absolute atomic E-state index is 5.96. The van der Waals surface area contributed by atoms with Gasteiger partial charge in [-0.25, -0.2) is 9.97 Å². The minimum atomic E-state index is 0.524. The maximum Gasteiger partial charge on any atom is 0.201 e. The van der Waals surface area contributed by atoms with Gasteiger partial charge >= 0.3 is 0 Å². The zero-order chi connectivity index (χ0) is 21.0. The molecule has 1 saturated carbocycles. The van der Waals surface area contributed by atoms with Crippen molar-refractivity contribution in [3.05, 3.63) is 77.1 Å². The molecule has 31 heavy (non-hydrogen) atoms. The van der Waals surface area contributed by atoms with Gasteiger partial charge in [0.1, 0.15) is 5.69 Å². The predicted molar refractivity (Wildman–Crippen MR) is 127 cm³/mol. The number of nitrogens with one attached hydrogen (secondary N) is 2. The molecule has 2 heterocycles. The van der Waals surface area contributed by atoms with Crippen molar-refractivity contribution in [1.29, 1.82) is 0 Å². The molecule has 0 unspecified atom stereocenters. The first kappa shape index (κ1) is 19.7. The van der Waals surface area contributed by atoms with E-state index >= 15 is 0 Å². The normalized spacial score (nSPS) is 14.2. The number of H-pyrrole nitrogens is 1. The van der Waals surface area contributed by atoms with Gasteiger partial charge in [-0.15, -0.1) is 0 Å². The molecule has 0 bridgehead atoms. The number of benzene rings is 2. The Hall–Kier alpha value is -3.29. The molecule has 1 fully saturated rings. The fourth-order valence-electron chi connectivity index (χ4n) is 4.01. The Bertz CT molecular complexity index is 1240. The molecular weight excluding hydrogens is 404 g/mol. The summed E-state index contributed by atoms with van der Waals surface area (Å²) in [6.07, 6.45) is 8.22. The smallest absolute Gasteiger partial charge is 0.201 e. The predicted octanol–water partition coefficient (Wildman–Crippen LogP) is 6.42. The first-order chi connectivity index (χ1) is 15.2. The van der Waals surface area contributed by atoms with Crippen molar-refractivity contribution in [2.75, 3.05) is 5.32 Å². The largest absolute Gasteiger partial charge is 0.353 e. The highest BCUT2D eigenvalue weighted by atomic mass is 35.5. The minimum absolute atomic E-state index is 0.524. The number of fused-ring (bicyclic) bond motifs is 1. The number of pyridine rings is 1. The van der Waals surface area contributed by atoms with Crippen LogP contribution in [-0.2, 0) is 0 Å². The Morgan fingerprint density at radius 1 is 0.903 bits per heavy atom. The Labute approximate surface area is 187 Å². The lowest BCUT2D eigenvalue weighted by molar-refractivity contribution is 0.461. The molecule has 0 amide bonds. The highest BCUT2D eigenvalue weighted by Gasteiger charge is 2.14. The molecule has 0 saturated heterocycles. The molecule has 154 valence electrons. The number of imidazole rings is 1. The van der Waals surface area contributed by atoms with Crippen molar-refractivity contribution in [2.45, 2.75) is 38.1 Å². The van der Waals surface area contributed by atoms with E-state index in [0.29, 0.717) is 6.04 Å². The number of anilines is 1. The number of aromatic nitrogens is 3. The van der Waals surface area contributed by atoms with E-state index in [1.54, 1.807) is 0 Å². The first-order valence-corrected chi connectivity index (χ1v) is 11.1. The third-order valence-electron chi connectivity index (χ3n) is 5.71. The standard InChI is InChI=1S/C26H23ClN4/c27-21-11-8-19(9-12-21)20-10-14-22(28-17-20)13-6-18-7-15-24-25(16-18)31-26(30-24)29-23-4-2-1-3-5-23/h7-12,14-17,23H,1-5H2,(H2,29,30,31). The number of nitrogens with zero attached hydrogens (tertiary/aromatic N) is 2.